The molecule has 0 fully saturated rings. The van der Waals surface area contributed by atoms with Crippen LogP contribution in [0, 0.1) is 0 Å². The summed E-state index contributed by atoms with van der Waals surface area (Å²) in [5.41, 5.74) is 2.36. The Bertz CT molecular complexity index is 848. The van der Waals surface area contributed by atoms with E-state index in [1.807, 2.05) is 48.5 Å². The number of carbonyl (C=O) groups excluding carboxylic acids is 1. The Morgan fingerprint density at radius 2 is 1.68 bits per heavy atom. The standard InChI is InChI=1S/C22H23NO2/c1-16(2)17-10-12-20(13-11-17)25-15-22(24)23-14-19-8-5-7-18-6-3-4-9-21(18)19/h3-13,16H,14-15H2,1-2H3,(H,23,24). The molecule has 0 atom stereocenters. The molecule has 25 heavy (non-hydrogen) atoms. The van der Waals surface area contributed by atoms with Gasteiger partial charge >= 0.3 is 0 Å². The van der Waals surface area contributed by atoms with Crippen molar-refractivity contribution in [2.45, 2.75) is 26.3 Å². The third-order valence-electron chi connectivity index (χ3n) is 4.27. The fraction of sp³-hybridized carbons (Fsp3) is 0.227. The van der Waals surface area contributed by atoms with E-state index in [9.17, 15) is 4.79 Å². The molecule has 3 heteroatoms. The van der Waals surface area contributed by atoms with Crippen molar-refractivity contribution < 1.29 is 9.53 Å². The van der Waals surface area contributed by atoms with E-state index < -0.39 is 0 Å². The van der Waals surface area contributed by atoms with Crippen molar-refractivity contribution in [2.24, 2.45) is 0 Å². The summed E-state index contributed by atoms with van der Waals surface area (Å²) in [5.74, 6) is 1.07. The number of hydrogen-bond acceptors (Lipinski definition) is 2. The highest BCUT2D eigenvalue weighted by Crippen LogP contribution is 2.19. The van der Waals surface area contributed by atoms with E-state index in [1.165, 1.54) is 10.9 Å². The molecule has 0 aliphatic rings. The van der Waals surface area contributed by atoms with E-state index >= 15 is 0 Å². The number of nitrogens with one attached hydrogen (secondary N) is 1. The molecule has 0 saturated carbocycles. The maximum atomic E-state index is 12.1. The first kappa shape index (κ1) is 17.0. The number of ether oxygens (including phenoxy) is 1. The molecular weight excluding hydrogens is 310 g/mol. The highest BCUT2D eigenvalue weighted by Gasteiger charge is 2.06. The lowest BCUT2D eigenvalue weighted by atomic mass is 10.0. The van der Waals surface area contributed by atoms with Gasteiger partial charge in [-0.05, 0) is 39.9 Å². The zero-order valence-corrected chi connectivity index (χ0v) is 14.7. The lowest BCUT2D eigenvalue weighted by Crippen LogP contribution is -2.28. The summed E-state index contributed by atoms with van der Waals surface area (Å²) >= 11 is 0. The molecule has 0 aromatic heterocycles. The first-order chi connectivity index (χ1) is 12.1. The van der Waals surface area contributed by atoms with E-state index in [0.29, 0.717) is 18.2 Å². The molecule has 0 aliphatic carbocycles. The molecule has 3 aromatic carbocycles. The highest BCUT2D eigenvalue weighted by atomic mass is 16.5. The molecule has 1 N–H and O–H groups in total. The number of carbonyl (C=O) groups is 1. The lowest BCUT2D eigenvalue weighted by molar-refractivity contribution is -0.123. The number of amides is 1. The van der Waals surface area contributed by atoms with Crippen LogP contribution >= 0.6 is 0 Å². The maximum absolute atomic E-state index is 12.1. The molecule has 128 valence electrons. The van der Waals surface area contributed by atoms with Gasteiger partial charge in [0.2, 0.25) is 0 Å². The van der Waals surface area contributed by atoms with Crippen LogP contribution in [0.2, 0.25) is 0 Å². The van der Waals surface area contributed by atoms with Crippen molar-refractivity contribution in [3.63, 3.8) is 0 Å². The van der Waals surface area contributed by atoms with Crippen LogP contribution in [-0.2, 0) is 11.3 Å². The Kier molecular flexibility index (Phi) is 5.34. The Hall–Kier alpha value is -2.81. The molecule has 0 unspecified atom stereocenters. The molecule has 0 bridgehead atoms. The van der Waals surface area contributed by atoms with Crippen molar-refractivity contribution in [3.8, 4) is 5.75 Å². The van der Waals surface area contributed by atoms with Crippen molar-refractivity contribution in [1.29, 1.82) is 0 Å². The van der Waals surface area contributed by atoms with Gasteiger partial charge in [0.25, 0.3) is 5.91 Å². The minimum Gasteiger partial charge on any atom is -0.484 e. The van der Waals surface area contributed by atoms with Gasteiger partial charge in [-0.1, -0.05) is 68.4 Å². The van der Waals surface area contributed by atoms with Gasteiger partial charge in [-0.3, -0.25) is 4.79 Å². The summed E-state index contributed by atoms with van der Waals surface area (Å²) in [6, 6.07) is 22.2. The predicted molar refractivity (Wildman–Crippen MR) is 102 cm³/mol. The van der Waals surface area contributed by atoms with Crippen molar-refractivity contribution >= 4 is 16.7 Å². The average Bonchev–Trinajstić information content (AvgIpc) is 2.65. The van der Waals surface area contributed by atoms with E-state index in [2.05, 4.69) is 37.4 Å². The van der Waals surface area contributed by atoms with Gasteiger partial charge in [-0.15, -0.1) is 0 Å². The Morgan fingerprint density at radius 1 is 0.960 bits per heavy atom. The fourth-order valence-electron chi connectivity index (χ4n) is 2.79. The zero-order chi connectivity index (χ0) is 17.6. The normalized spacial score (nSPS) is 10.8. The first-order valence-corrected chi connectivity index (χ1v) is 8.59. The summed E-state index contributed by atoms with van der Waals surface area (Å²) < 4.78 is 5.57. The highest BCUT2D eigenvalue weighted by molar-refractivity contribution is 5.86. The zero-order valence-electron chi connectivity index (χ0n) is 14.7. The van der Waals surface area contributed by atoms with Gasteiger partial charge in [0.05, 0.1) is 0 Å². The number of hydrogen-bond donors (Lipinski definition) is 1. The summed E-state index contributed by atoms with van der Waals surface area (Å²) in [6.45, 7) is 4.81. The van der Waals surface area contributed by atoms with Gasteiger partial charge < -0.3 is 10.1 Å². The van der Waals surface area contributed by atoms with E-state index in [1.54, 1.807) is 0 Å². The fourth-order valence-corrected chi connectivity index (χ4v) is 2.79. The van der Waals surface area contributed by atoms with Crippen LogP contribution < -0.4 is 10.1 Å². The Balaban J connectivity index is 1.54. The van der Waals surface area contributed by atoms with Gasteiger partial charge in [0.1, 0.15) is 5.75 Å². The molecule has 0 heterocycles. The maximum Gasteiger partial charge on any atom is 0.258 e. The van der Waals surface area contributed by atoms with Gasteiger partial charge in [-0.25, -0.2) is 0 Å². The largest absolute Gasteiger partial charge is 0.484 e. The SMILES string of the molecule is CC(C)c1ccc(OCC(=O)NCc2cccc3ccccc23)cc1. The molecule has 3 nitrogen and oxygen atoms in total. The predicted octanol–water partition coefficient (Wildman–Crippen LogP) is 4.66. The van der Waals surface area contributed by atoms with Crippen LogP contribution in [0.15, 0.2) is 66.7 Å². The second-order valence-corrected chi connectivity index (χ2v) is 6.43. The van der Waals surface area contributed by atoms with Crippen LogP contribution in [0.25, 0.3) is 10.8 Å². The Morgan fingerprint density at radius 3 is 2.44 bits per heavy atom. The van der Waals surface area contributed by atoms with Crippen LogP contribution in [0.1, 0.15) is 30.9 Å². The quantitative estimate of drug-likeness (QED) is 0.712. The minimum absolute atomic E-state index is 0.0196. The molecule has 0 aliphatic heterocycles. The lowest BCUT2D eigenvalue weighted by Gasteiger charge is -2.10. The van der Waals surface area contributed by atoms with E-state index in [4.69, 9.17) is 4.74 Å². The third-order valence-corrected chi connectivity index (χ3v) is 4.27. The minimum atomic E-state index is -0.124. The van der Waals surface area contributed by atoms with E-state index in [-0.39, 0.29) is 12.5 Å². The number of benzene rings is 3. The Labute approximate surface area is 148 Å². The second-order valence-electron chi connectivity index (χ2n) is 6.43. The molecule has 0 spiro atoms. The number of rotatable bonds is 6. The third kappa shape index (κ3) is 4.38. The topological polar surface area (TPSA) is 38.3 Å². The summed E-state index contributed by atoms with van der Waals surface area (Å²) in [6.07, 6.45) is 0. The summed E-state index contributed by atoms with van der Waals surface area (Å²) in [4.78, 5) is 12.1. The van der Waals surface area contributed by atoms with Crippen molar-refractivity contribution in [3.05, 3.63) is 77.9 Å². The first-order valence-electron chi connectivity index (χ1n) is 8.59. The summed E-state index contributed by atoms with van der Waals surface area (Å²) in [7, 11) is 0. The molecule has 0 saturated heterocycles. The van der Waals surface area contributed by atoms with Gasteiger partial charge in [0.15, 0.2) is 6.61 Å². The van der Waals surface area contributed by atoms with E-state index in [0.717, 1.165) is 10.9 Å². The van der Waals surface area contributed by atoms with Crippen molar-refractivity contribution in [2.75, 3.05) is 6.61 Å². The molecular formula is C22H23NO2. The molecule has 3 aromatic rings. The van der Waals surface area contributed by atoms with Gasteiger partial charge in [-0.2, -0.15) is 0 Å². The molecule has 0 radical (unpaired) electrons. The van der Waals surface area contributed by atoms with Gasteiger partial charge in [0, 0.05) is 6.54 Å². The molecule has 1 amide bonds. The smallest absolute Gasteiger partial charge is 0.258 e. The van der Waals surface area contributed by atoms with Crippen molar-refractivity contribution in [1.82, 2.24) is 5.32 Å². The van der Waals surface area contributed by atoms with Crippen LogP contribution in [-0.4, -0.2) is 12.5 Å². The second kappa shape index (κ2) is 7.84. The number of fused-ring (bicyclic) bond motifs is 1. The van der Waals surface area contributed by atoms with Crippen LogP contribution in [0.4, 0.5) is 0 Å². The average molecular weight is 333 g/mol. The van der Waals surface area contributed by atoms with Crippen LogP contribution in [0.5, 0.6) is 5.75 Å². The summed E-state index contributed by atoms with van der Waals surface area (Å²) in [5, 5.41) is 5.27. The van der Waals surface area contributed by atoms with Crippen LogP contribution in [0.3, 0.4) is 0 Å². The monoisotopic (exact) mass is 333 g/mol. The molecule has 3 rings (SSSR count).